The third-order valence-corrected chi connectivity index (χ3v) is 5.81. The van der Waals surface area contributed by atoms with E-state index in [4.69, 9.17) is 16.3 Å². The molecule has 4 rings (SSSR count). The number of alkyl halides is 3. The summed E-state index contributed by atoms with van der Waals surface area (Å²) in [6.45, 7) is 1.03. The van der Waals surface area contributed by atoms with Crippen LogP contribution in [0.5, 0.6) is 0 Å². The highest BCUT2D eigenvalue weighted by Crippen LogP contribution is 2.24. The molecule has 0 N–H and O–H groups in total. The zero-order chi connectivity index (χ0) is 26.7. The van der Waals surface area contributed by atoms with E-state index in [1.54, 1.807) is 36.4 Å². The number of hydrogen-bond acceptors (Lipinski definition) is 6. The summed E-state index contributed by atoms with van der Waals surface area (Å²) in [5.41, 5.74) is 1.13. The number of ether oxygens (including phenoxy) is 1. The topological polar surface area (TPSA) is 96.8 Å². The Morgan fingerprint density at radius 2 is 1.78 bits per heavy atom. The Morgan fingerprint density at radius 3 is 2.43 bits per heavy atom. The first-order valence-electron chi connectivity index (χ1n) is 11.2. The minimum Gasteiger partial charge on any atom is -0.463 e. The molecule has 0 aliphatic rings. The molecular formula is C24H22ClF3N6O3. The monoisotopic (exact) mass is 534 g/mol. The van der Waals surface area contributed by atoms with Gasteiger partial charge < -0.3 is 4.74 Å². The molecular weight excluding hydrogens is 513 g/mol. The SMILES string of the molecule is CCc1ccccc1-n1nc(Cn2nc(-c3ccc(Cl)cc3)n(CCC(F)(F)F)c2=O)nc1C(=O)OC. The lowest BCUT2D eigenvalue weighted by atomic mass is 10.1. The van der Waals surface area contributed by atoms with Gasteiger partial charge >= 0.3 is 17.8 Å². The quantitative estimate of drug-likeness (QED) is 0.313. The van der Waals surface area contributed by atoms with Crippen LogP contribution in [0.15, 0.2) is 53.3 Å². The molecule has 4 aromatic rings. The highest BCUT2D eigenvalue weighted by Gasteiger charge is 2.29. The minimum absolute atomic E-state index is 0.0369. The Balaban J connectivity index is 1.78. The van der Waals surface area contributed by atoms with Gasteiger partial charge in [-0.2, -0.15) is 13.2 Å². The van der Waals surface area contributed by atoms with Gasteiger partial charge in [-0.05, 0) is 42.3 Å². The molecule has 0 radical (unpaired) electrons. The molecule has 0 saturated carbocycles. The zero-order valence-corrected chi connectivity index (χ0v) is 20.6. The molecule has 9 nitrogen and oxygen atoms in total. The summed E-state index contributed by atoms with van der Waals surface area (Å²) >= 11 is 5.93. The number of carbonyl (C=O) groups excluding carboxylic acids is 1. The molecule has 0 fully saturated rings. The van der Waals surface area contributed by atoms with Gasteiger partial charge in [-0.15, -0.1) is 10.2 Å². The van der Waals surface area contributed by atoms with Gasteiger partial charge in [-0.3, -0.25) is 4.57 Å². The van der Waals surface area contributed by atoms with Gasteiger partial charge in [0, 0.05) is 17.1 Å². The number of para-hydroxylation sites is 1. The summed E-state index contributed by atoms with van der Waals surface area (Å²) in [4.78, 5) is 29.8. The van der Waals surface area contributed by atoms with Crippen molar-refractivity contribution in [1.29, 1.82) is 0 Å². The van der Waals surface area contributed by atoms with Crippen molar-refractivity contribution < 1.29 is 22.7 Å². The Kier molecular flexibility index (Phi) is 7.48. The van der Waals surface area contributed by atoms with Crippen LogP contribution in [0, 0.1) is 0 Å². The molecule has 2 aromatic heterocycles. The Morgan fingerprint density at radius 1 is 1.08 bits per heavy atom. The maximum absolute atomic E-state index is 13.1. The average Bonchev–Trinajstić information content (AvgIpc) is 3.43. The lowest BCUT2D eigenvalue weighted by Crippen LogP contribution is -2.27. The van der Waals surface area contributed by atoms with Crippen molar-refractivity contribution in [2.24, 2.45) is 0 Å². The number of hydrogen-bond donors (Lipinski definition) is 0. The Bertz CT molecular complexity index is 1470. The first kappa shape index (κ1) is 26.1. The van der Waals surface area contributed by atoms with Crippen LogP contribution in [0.4, 0.5) is 13.2 Å². The van der Waals surface area contributed by atoms with Crippen LogP contribution in [0.1, 0.15) is 35.4 Å². The second-order valence-corrected chi connectivity index (χ2v) is 8.46. The largest absolute Gasteiger partial charge is 0.463 e. The van der Waals surface area contributed by atoms with E-state index in [9.17, 15) is 22.8 Å². The van der Waals surface area contributed by atoms with Crippen molar-refractivity contribution >= 4 is 17.6 Å². The summed E-state index contributed by atoms with van der Waals surface area (Å²) < 4.78 is 47.0. The molecule has 2 heterocycles. The molecule has 0 aliphatic heterocycles. The van der Waals surface area contributed by atoms with Gasteiger partial charge in [-0.1, -0.05) is 36.7 Å². The molecule has 0 saturated heterocycles. The molecule has 194 valence electrons. The van der Waals surface area contributed by atoms with Gasteiger partial charge in [0.05, 0.1) is 19.2 Å². The van der Waals surface area contributed by atoms with Crippen molar-refractivity contribution in [2.45, 2.75) is 39.0 Å². The predicted molar refractivity (Wildman–Crippen MR) is 129 cm³/mol. The summed E-state index contributed by atoms with van der Waals surface area (Å²) in [5, 5.41) is 9.09. The van der Waals surface area contributed by atoms with E-state index < -0.39 is 30.8 Å². The molecule has 0 spiro atoms. The number of aromatic nitrogens is 6. The third-order valence-electron chi connectivity index (χ3n) is 5.55. The smallest absolute Gasteiger partial charge is 0.390 e. The molecule has 0 unspecified atom stereocenters. The summed E-state index contributed by atoms with van der Waals surface area (Å²) in [7, 11) is 1.21. The van der Waals surface area contributed by atoms with Crippen LogP contribution in [0.2, 0.25) is 5.02 Å². The molecule has 2 aromatic carbocycles. The van der Waals surface area contributed by atoms with Gasteiger partial charge in [0.2, 0.25) is 5.82 Å². The fourth-order valence-corrected chi connectivity index (χ4v) is 3.89. The summed E-state index contributed by atoms with van der Waals surface area (Å²) in [5.74, 6) is -0.762. The van der Waals surface area contributed by atoms with Crippen molar-refractivity contribution in [2.75, 3.05) is 7.11 Å². The fraction of sp³-hybridized carbons (Fsp3) is 0.292. The third kappa shape index (κ3) is 5.74. The average molecular weight is 535 g/mol. The lowest BCUT2D eigenvalue weighted by Gasteiger charge is -2.08. The van der Waals surface area contributed by atoms with Crippen LogP contribution in [-0.4, -0.2) is 48.4 Å². The fourth-order valence-electron chi connectivity index (χ4n) is 3.76. The lowest BCUT2D eigenvalue weighted by molar-refractivity contribution is -0.136. The first-order chi connectivity index (χ1) is 17.6. The van der Waals surface area contributed by atoms with Crippen LogP contribution >= 0.6 is 11.6 Å². The molecule has 0 atom stereocenters. The number of halogens is 4. The number of rotatable bonds is 8. The van der Waals surface area contributed by atoms with E-state index in [0.29, 0.717) is 22.7 Å². The maximum atomic E-state index is 13.1. The highest BCUT2D eigenvalue weighted by molar-refractivity contribution is 6.30. The first-order valence-corrected chi connectivity index (χ1v) is 11.6. The zero-order valence-electron chi connectivity index (χ0n) is 19.9. The highest BCUT2D eigenvalue weighted by atomic mass is 35.5. The summed E-state index contributed by atoms with van der Waals surface area (Å²) in [6.07, 6.45) is -5.03. The predicted octanol–water partition coefficient (Wildman–Crippen LogP) is 4.30. The van der Waals surface area contributed by atoms with E-state index in [2.05, 4.69) is 15.2 Å². The number of methoxy groups -OCH3 is 1. The van der Waals surface area contributed by atoms with E-state index in [-0.39, 0.29) is 24.0 Å². The van der Waals surface area contributed by atoms with Crippen molar-refractivity contribution in [3.63, 3.8) is 0 Å². The van der Waals surface area contributed by atoms with Crippen LogP contribution < -0.4 is 5.69 Å². The number of carbonyl (C=O) groups is 1. The van der Waals surface area contributed by atoms with E-state index in [0.717, 1.165) is 14.8 Å². The molecule has 0 bridgehead atoms. The second kappa shape index (κ2) is 10.6. The van der Waals surface area contributed by atoms with Gasteiger partial charge in [0.1, 0.15) is 6.54 Å². The number of aryl methyl sites for hydroxylation is 1. The van der Waals surface area contributed by atoms with Gasteiger partial charge in [0.25, 0.3) is 0 Å². The number of benzene rings is 2. The van der Waals surface area contributed by atoms with Crippen molar-refractivity contribution in [3.05, 3.63) is 81.3 Å². The normalized spacial score (nSPS) is 11.6. The second-order valence-electron chi connectivity index (χ2n) is 8.02. The van der Waals surface area contributed by atoms with Crippen LogP contribution in [0.3, 0.4) is 0 Å². The molecule has 37 heavy (non-hydrogen) atoms. The number of esters is 1. The molecule has 13 heteroatoms. The molecule has 0 aliphatic carbocycles. The van der Waals surface area contributed by atoms with E-state index in [1.165, 1.54) is 11.8 Å². The van der Waals surface area contributed by atoms with Gasteiger partial charge in [0.15, 0.2) is 11.6 Å². The minimum atomic E-state index is -4.47. The van der Waals surface area contributed by atoms with Crippen LogP contribution in [0.25, 0.3) is 17.1 Å². The van der Waals surface area contributed by atoms with Crippen molar-refractivity contribution in [3.8, 4) is 17.1 Å². The standard InChI is InChI=1S/C24H22ClF3N6O3/c1-3-15-6-4-5-7-18(15)34-21(22(35)37-2)29-19(30-34)14-33-23(36)32(13-12-24(26,27)28)20(31-33)16-8-10-17(25)11-9-16/h4-11H,3,12-14H2,1-2H3. The Hall–Kier alpha value is -3.93. The van der Waals surface area contributed by atoms with Crippen molar-refractivity contribution in [1.82, 2.24) is 29.1 Å². The number of nitrogens with zero attached hydrogens (tertiary/aromatic N) is 6. The summed E-state index contributed by atoms with van der Waals surface area (Å²) in [6, 6.07) is 13.5. The van der Waals surface area contributed by atoms with E-state index in [1.807, 2.05) is 19.1 Å². The van der Waals surface area contributed by atoms with Gasteiger partial charge in [-0.25, -0.2) is 23.9 Å². The Labute approximate surface area is 214 Å². The molecule has 0 amide bonds. The van der Waals surface area contributed by atoms with E-state index >= 15 is 0 Å². The van der Waals surface area contributed by atoms with Crippen LogP contribution in [-0.2, 0) is 24.2 Å². The maximum Gasteiger partial charge on any atom is 0.390 e.